The monoisotopic (exact) mass is 444 g/mol. The molecule has 166 valence electrons. The van der Waals surface area contributed by atoms with E-state index in [4.69, 9.17) is 9.47 Å². The topological polar surface area (TPSA) is 106 Å². The highest BCUT2D eigenvalue weighted by Crippen LogP contribution is 2.33. The van der Waals surface area contributed by atoms with Gasteiger partial charge in [0.15, 0.2) is 11.5 Å². The van der Waals surface area contributed by atoms with Crippen molar-refractivity contribution in [3.05, 3.63) is 40.5 Å². The molecule has 0 bridgehead atoms. The molecule has 3 N–H and O–H groups in total. The molecule has 0 saturated carbocycles. The lowest BCUT2D eigenvalue weighted by Crippen LogP contribution is -2.31. The molecule has 8 nitrogen and oxygen atoms in total. The van der Waals surface area contributed by atoms with Gasteiger partial charge in [-0.05, 0) is 43.0 Å². The SMILES string of the molecule is CC[C@@H](O)CNC(=O)c1sc2ncnc(NCCc3ccc(OC)c(OC)c3)c2c1C. The van der Waals surface area contributed by atoms with Crippen LogP contribution in [0.25, 0.3) is 10.2 Å². The van der Waals surface area contributed by atoms with E-state index in [1.165, 1.54) is 17.7 Å². The number of carbonyl (C=O) groups is 1. The number of aliphatic hydroxyl groups is 1. The van der Waals surface area contributed by atoms with Gasteiger partial charge >= 0.3 is 0 Å². The van der Waals surface area contributed by atoms with E-state index < -0.39 is 6.10 Å². The van der Waals surface area contributed by atoms with Crippen molar-refractivity contribution in [1.82, 2.24) is 15.3 Å². The summed E-state index contributed by atoms with van der Waals surface area (Å²) in [4.78, 5) is 22.6. The zero-order valence-electron chi connectivity index (χ0n) is 18.2. The van der Waals surface area contributed by atoms with Gasteiger partial charge in [0.2, 0.25) is 0 Å². The van der Waals surface area contributed by atoms with E-state index in [0.29, 0.717) is 35.2 Å². The molecule has 1 atom stereocenters. The molecule has 0 radical (unpaired) electrons. The van der Waals surface area contributed by atoms with Gasteiger partial charge in [-0.3, -0.25) is 4.79 Å². The van der Waals surface area contributed by atoms with Crippen LogP contribution in [0.15, 0.2) is 24.5 Å². The molecular weight excluding hydrogens is 416 g/mol. The Morgan fingerprint density at radius 1 is 1.23 bits per heavy atom. The summed E-state index contributed by atoms with van der Waals surface area (Å²) in [5.41, 5.74) is 1.93. The molecule has 1 amide bonds. The summed E-state index contributed by atoms with van der Waals surface area (Å²) in [6, 6.07) is 5.85. The Bertz CT molecular complexity index is 1050. The minimum atomic E-state index is -0.549. The number of nitrogens with one attached hydrogen (secondary N) is 2. The largest absolute Gasteiger partial charge is 0.493 e. The molecule has 31 heavy (non-hydrogen) atoms. The molecule has 2 aromatic heterocycles. The molecule has 0 aliphatic heterocycles. The van der Waals surface area contributed by atoms with Crippen molar-refractivity contribution >= 4 is 33.3 Å². The summed E-state index contributed by atoms with van der Waals surface area (Å²) in [6.45, 7) is 4.65. The predicted molar refractivity (Wildman–Crippen MR) is 123 cm³/mol. The first kappa shape index (κ1) is 22.8. The van der Waals surface area contributed by atoms with Crippen molar-refractivity contribution < 1.29 is 19.4 Å². The van der Waals surface area contributed by atoms with E-state index in [-0.39, 0.29) is 12.5 Å². The van der Waals surface area contributed by atoms with Gasteiger partial charge in [-0.15, -0.1) is 11.3 Å². The highest BCUT2D eigenvalue weighted by molar-refractivity contribution is 7.20. The number of carbonyl (C=O) groups excluding carboxylic acids is 1. The number of hydrogen-bond acceptors (Lipinski definition) is 8. The van der Waals surface area contributed by atoms with Crippen LogP contribution in [0.3, 0.4) is 0 Å². The Balaban J connectivity index is 1.73. The average molecular weight is 445 g/mol. The maximum absolute atomic E-state index is 12.6. The zero-order valence-corrected chi connectivity index (χ0v) is 19.0. The second-order valence-electron chi connectivity index (χ2n) is 7.10. The van der Waals surface area contributed by atoms with Crippen LogP contribution in [-0.4, -0.2) is 54.4 Å². The molecule has 1 aromatic carbocycles. The minimum Gasteiger partial charge on any atom is -0.493 e. The highest BCUT2D eigenvalue weighted by atomic mass is 32.1. The van der Waals surface area contributed by atoms with Gasteiger partial charge in [0, 0.05) is 13.1 Å². The van der Waals surface area contributed by atoms with Crippen molar-refractivity contribution in [2.24, 2.45) is 0 Å². The molecule has 0 aliphatic rings. The third-order valence-corrected chi connectivity index (χ3v) is 6.26. The van der Waals surface area contributed by atoms with Gasteiger partial charge in [-0.1, -0.05) is 13.0 Å². The van der Waals surface area contributed by atoms with Crippen molar-refractivity contribution in [1.29, 1.82) is 0 Å². The number of fused-ring (bicyclic) bond motifs is 1. The fourth-order valence-electron chi connectivity index (χ4n) is 3.22. The van der Waals surface area contributed by atoms with Crippen LogP contribution in [0, 0.1) is 6.92 Å². The van der Waals surface area contributed by atoms with Gasteiger partial charge < -0.3 is 25.2 Å². The lowest BCUT2D eigenvalue weighted by atomic mass is 10.1. The van der Waals surface area contributed by atoms with Crippen molar-refractivity contribution in [3.63, 3.8) is 0 Å². The number of methoxy groups -OCH3 is 2. The van der Waals surface area contributed by atoms with Gasteiger partial charge in [-0.2, -0.15) is 0 Å². The second kappa shape index (κ2) is 10.4. The van der Waals surface area contributed by atoms with Crippen molar-refractivity contribution in [2.45, 2.75) is 32.8 Å². The first-order valence-corrected chi connectivity index (χ1v) is 10.9. The second-order valence-corrected chi connectivity index (χ2v) is 8.10. The number of ether oxygens (including phenoxy) is 2. The molecule has 9 heteroatoms. The Morgan fingerprint density at radius 3 is 2.71 bits per heavy atom. The summed E-state index contributed by atoms with van der Waals surface area (Å²) in [5.74, 6) is 1.89. The van der Waals surface area contributed by atoms with Crippen LogP contribution < -0.4 is 20.1 Å². The van der Waals surface area contributed by atoms with E-state index >= 15 is 0 Å². The lowest BCUT2D eigenvalue weighted by Gasteiger charge is -2.11. The molecule has 0 aliphatic carbocycles. The zero-order chi connectivity index (χ0) is 22.4. The maximum atomic E-state index is 12.6. The fourth-order valence-corrected chi connectivity index (χ4v) is 4.28. The van der Waals surface area contributed by atoms with E-state index in [0.717, 1.165) is 27.8 Å². The highest BCUT2D eigenvalue weighted by Gasteiger charge is 2.19. The summed E-state index contributed by atoms with van der Waals surface area (Å²) in [7, 11) is 3.23. The van der Waals surface area contributed by atoms with E-state index in [2.05, 4.69) is 20.6 Å². The number of aliphatic hydroxyl groups excluding tert-OH is 1. The quantitative estimate of drug-likeness (QED) is 0.441. The first-order valence-electron chi connectivity index (χ1n) is 10.1. The number of aryl methyl sites for hydroxylation is 1. The van der Waals surface area contributed by atoms with Gasteiger partial charge in [0.1, 0.15) is 17.0 Å². The summed E-state index contributed by atoms with van der Waals surface area (Å²) in [6.07, 6.45) is 2.30. The normalized spacial score (nSPS) is 11.9. The van der Waals surface area contributed by atoms with Gasteiger partial charge in [0.05, 0.1) is 30.6 Å². The molecular formula is C22H28N4O4S. The van der Waals surface area contributed by atoms with Crippen LogP contribution in [0.2, 0.25) is 0 Å². The molecule has 2 heterocycles. The molecule has 3 aromatic rings. The lowest BCUT2D eigenvalue weighted by molar-refractivity contribution is 0.0917. The van der Waals surface area contributed by atoms with Crippen LogP contribution in [0.1, 0.15) is 34.1 Å². The number of aromatic nitrogens is 2. The van der Waals surface area contributed by atoms with E-state index in [9.17, 15) is 9.90 Å². The predicted octanol–water partition coefficient (Wildman–Crippen LogP) is 3.17. The number of amides is 1. The Morgan fingerprint density at radius 2 is 2.00 bits per heavy atom. The number of benzene rings is 1. The number of anilines is 1. The van der Waals surface area contributed by atoms with E-state index in [1.54, 1.807) is 14.2 Å². The Hall–Kier alpha value is -2.91. The third kappa shape index (κ3) is 5.23. The first-order chi connectivity index (χ1) is 15.0. The molecule has 0 spiro atoms. The molecule has 0 fully saturated rings. The van der Waals surface area contributed by atoms with Crippen molar-refractivity contribution in [2.75, 3.05) is 32.6 Å². The summed E-state index contributed by atoms with van der Waals surface area (Å²) in [5, 5.41) is 16.7. The van der Waals surface area contributed by atoms with Crippen LogP contribution in [0.5, 0.6) is 11.5 Å². The molecule has 3 rings (SSSR count). The smallest absolute Gasteiger partial charge is 0.261 e. The van der Waals surface area contributed by atoms with Crippen LogP contribution >= 0.6 is 11.3 Å². The summed E-state index contributed by atoms with van der Waals surface area (Å²) >= 11 is 1.33. The number of rotatable bonds is 10. The van der Waals surface area contributed by atoms with Crippen LogP contribution in [0.4, 0.5) is 5.82 Å². The van der Waals surface area contributed by atoms with E-state index in [1.807, 2.05) is 32.0 Å². The average Bonchev–Trinajstić information content (AvgIpc) is 3.14. The minimum absolute atomic E-state index is 0.204. The van der Waals surface area contributed by atoms with Crippen molar-refractivity contribution in [3.8, 4) is 11.5 Å². The Kier molecular flexibility index (Phi) is 7.64. The fraction of sp³-hybridized carbons (Fsp3) is 0.409. The number of hydrogen-bond donors (Lipinski definition) is 3. The summed E-state index contributed by atoms with van der Waals surface area (Å²) < 4.78 is 10.6. The number of nitrogens with zero attached hydrogens (tertiary/aromatic N) is 2. The van der Waals surface area contributed by atoms with Gasteiger partial charge in [-0.25, -0.2) is 9.97 Å². The maximum Gasteiger partial charge on any atom is 0.261 e. The number of thiophene rings is 1. The third-order valence-electron chi connectivity index (χ3n) is 5.06. The van der Waals surface area contributed by atoms with Gasteiger partial charge in [0.25, 0.3) is 5.91 Å². The Labute approximate surface area is 185 Å². The molecule has 0 unspecified atom stereocenters. The standard InChI is InChI=1S/C22H28N4O4S/c1-5-15(27)11-24-21(28)19-13(2)18-20(25-12-26-22(18)31-19)23-9-8-14-6-7-16(29-3)17(10-14)30-4/h6-7,10,12,15,27H,5,8-9,11H2,1-4H3,(H,24,28)(H,23,25,26)/t15-/m1/s1. The van der Waals surface area contributed by atoms with Crippen LogP contribution in [-0.2, 0) is 6.42 Å². The molecule has 0 saturated heterocycles.